The molecule has 102 valence electrons. The van der Waals surface area contributed by atoms with Crippen LogP contribution in [0.2, 0.25) is 0 Å². The van der Waals surface area contributed by atoms with Gasteiger partial charge in [-0.1, -0.05) is 45.0 Å². The number of hydrazine groups is 1. The maximum atomic E-state index is 5.93. The van der Waals surface area contributed by atoms with Crippen LogP contribution in [0.3, 0.4) is 0 Å². The third kappa shape index (κ3) is 3.55. The van der Waals surface area contributed by atoms with Crippen LogP contribution >= 0.6 is 0 Å². The summed E-state index contributed by atoms with van der Waals surface area (Å²) in [7, 11) is 0. The zero-order chi connectivity index (χ0) is 13.8. The van der Waals surface area contributed by atoms with Crippen molar-refractivity contribution in [1.82, 2.24) is 5.43 Å². The molecule has 3 nitrogen and oxygen atoms in total. The van der Waals surface area contributed by atoms with E-state index in [2.05, 4.69) is 45.3 Å². The van der Waals surface area contributed by atoms with E-state index in [0.717, 1.165) is 0 Å². The lowest BCUT2D eigenvalue weighted by molar-refractivity contribution is -0.0368. The van der Waals surface area contributed by atoms with Gasteiger partial charge in [-0.2, -0.15) is 0 Å². The highest BCUT2D eigenvalue weighted by molar-refractivity contribution is 5.29. The number of rotatable bonds is 5. The SMILES string of the molecule is CCOC(C(NN)c1ccccc1C)C(C)(C)C. The summed E-state index contributed by atoms with van der Waals surface area (Å²) in [6.07, 6.45) is 0.0357. The smallest absolute Gasteiger partial charge is 0.0830 e. The Bertz CT molecular complexity index is 371. The molecule has 3 N–H and O–H groups in total. The summed E-state index contributed by atoms with van der Waals surface area (Å²) >= 11 is 0. The molecule has 0 saturated heterocycles. The quantitative estimate of drug-likeness (QED) is 0.624. The molecule has 0 saturated carbocycles. The van der Waals surface area contributed by atoms with Crippen LogP contribution in [-0.4, -0.2) is 12.7 Å². The molecule has 0 heterocycles. The van der Waals surface area contributed by atoms with E-state index in [1.54, 1.807) is 0 Å². The first-order valence-electron chi connectivity index (χ1n) is 6.55. The summed E-state index contributed by atoms with van der Waals surface area (Å²) in [6.45, 7) is 11.3. The van der Waals surface area contributed by atoms with Crippen LogP contribution in [0.4, 0.5) is 0 Å². The topological polar surface area (TPSA) is 47.3 Å². The number of nitrogens with two attached hydrogens (primary N) is 1. The van der Waals surface area contributed by atoms with Gasteiger partial charge in [0.1, 0.15) is 0 Å². The van der Waals surface area contributed by atoms with Crippen molar-refractivity contribution >= 4 is 0 Å². The first-order chi connectivity index (χ1) is 8.41. The van der Waals surface area contributed by atoms with Gasteiger partial charge in [0.2, 0.25) is 0 Å². The monoisotopic (exact) mass is 250 g/mol. The van der Waals surface area contributed by atoms with Gasteiger partial charge in [0, 0.05) is 6.61 Å². The summed E-state index contributed by atoms with van der Waals surface area (Å²) < 4.78 is 5.93. The molecule has 18 heavy (non-hydrogen) atoms. The molecule has 0 fully saturated rings. The molecule has 0 amide bonds. The highest BCUT2D eigenvalue weighted by atomic mass is 16.5. The van der Waals surface area contributed by atoms with Gasteiger partial charge in [0.05, 0.1) is 12.1 Å². The van der Waals surface area contributed by atoms with Gasteiger partial charge in [-0.05, 0) is 30.4 Å². The highest BCUT2D eigenvalue weighted by Gasteiger charge is 2.33. The number of nitrogens with one attached hydrogen (secondary N) is 1. The fraction of sp³-hybridized carbons (Fsp3) is 0.600. The molecule has 0 spiro atoms. The standard InChI is InChI=1S/C15H26N2O/c1-6-18-14(15(3,4)5)13(17-16)12-10-8-7-9-11(12)2/h7-10,13-14,17H,6,16H2,1-5H3. The number of ether oxygens (including phenoxy) is 1. The van der Waals surface area contributed by atoms with E-state index in [9.17, 15) is 0 Å². The Kier molecular flexibility index (Phi) is 5.32. The minimum absolute atomic E-state index is 0.00569. The van der Waals surface area contributed by atoms with E-state index >= 15 is 0 Å². The molecule has 0 aliphatic carbocycles. The fourth-order valence-electron chi connectivity index (χ4n) is 2.30. The Labute approximate surface area is 111 Å². The summed E-state index contributed by atoms with van der Waals surface area (Å²) in [4.78, 5) is 0. The molecule has 3 heteroatoms. The van der Waals surface area contributed by atoms with Gasteiger partial charge < -0.3 is 4.74 Å². The van der Waals surface area contributed by atoms with Crippen LogP contribution in [0.25, 0.3) is 0 Å². The number of benzene rings is 1. The van der Waals surface area contributed by atoms with E-state index in [4.69, 9.17) is 10.6 Å². The molecule has 2 atom stereocenters. The second-order valence-electron chi connectivity index (χ2n) is 5.74. The minimum atomic E-state index is 0.00569. The zero-order valence-electron chi connectivity index (χ0n) is 12.2. The predicted molar refractivity (Wildman–Crippen MR) is 76.1 cm³/mol. The molecule has 0 radical (unpaired) electrons. The molecule has 0 aromatic heterocycles. The second kappa shape index (κ2) is 6.32. The molecule has 2 unspecified atom stereocenters. The van der Waals surface area contributed by atoms with E-state index in [-0.39, 0.29) is 17.6 Å². The molecule has 0 bridgehead atoms. The second-order valence-corrected chi connectivity index (χ2v) is 5.74. The Morgan fingerprint density at radius 1 is 1.28 bits per heavy atom. The number of aryl methyl sites for hydroxylation is 1. The Morgan fingerprint density at radius 3 is 2.33 bits per heavy atom. The van der Waals surface area contributed by atoms with E-state index in [0.29, 0.717) is 6.61 Å². The number of hydrogen-bond acceptors (Lipinski definition) is 3. The average Bonchev–Trinajstić information content (AvgIpc) is 2.30. The van der Waals surface area contributed by atoms with Crippen molar-refractivity contribution in [3.05, 3.63) is 35.4 Å². The molecule has 1 aromatic rings. The van der Waals surface area contributed by atoms with Crippen LogP contribution in [-0.2, 0) is 4.74 Å². The van der Waals surface area contributed by atoms with Crippen molar-refractivity contribution < 1.29 is 4.74 Å². The van der Waals surface area contributed by atoms with Crippen molar-refractivity contribution in [2.24, 2.45) is 11.3 Å². The summed E-state index contributed by atoms with van der Waals surface area (Å²) in [5.41, 5.74) is 5.38. The lowest BCUT2D eigenvalue weighted by Gasteiger charge is -2.37. The van der Waals surface area contributed by atoms with Crippen molar-refractivity contribution in [2.75, 3.05) is 6.61 Å². The van der Waals surface area contributed by atoms with Crippen LogP contribution < -0.4 is 11.3 Å². The van der Waals surface area contributed by atoms with Crippen molar-refractivity contribution in [2.45, 2.75) is 46.8 Å². The Morgan fingerprint density at radius 2 is 1.89 bits per heavy atom. The Hall–Kier alpha value is -0.900. The summed E-state index contributed by atoms with van der Waals surface area (Å²) in [6, 6.07) is 8.30. The van der Waals surface area contributed by atoms with E-state index < -0.39 is 0 Å². The largest absolute Gasteiger partial charge is 0.376 e. The third-order valence-electron chi connectivity index (χ3n) is 3.21. The fourth-order valence-corrected chi connectivity index (χ4v) is 2.30. The van der Waals surface area contributed by atoms with Gasteiger partial charge in [-0.25, -0.2) is 0 Å². The normalized spacial score (nSPS) is 15.4. The van der Waals surface area contributed by atoms with Crippen LogP contribution in [0.15, 0.2) is 24.3 Å². The molecule has 1 aromatic carbocycles. The summed E-state index contributed by atoms with van der Waals surface area (Å²) in [5.74, 6) is 5.77. The van der Waals surface area contributed by atoms with E-state index in [1.165, 1.54) is 11.1 Å². The van der Waals surface area contributed by atoms with E-state index in [1.807, 2.05) is 19.1 Å². The zero-order valence-corrected chi connectivity index (χ0v) is 12.2. The Balaban J connectivity index is 3.10. The van der Waals surface area contributed by atoms with Crippen LogP contribution in [0.5, 0.6) is 0 Å². The summed E-state index contributed by atoms with van der Waals surface area (Å²) in [5, 5.41) is 0. The van der Waals surface area contributed by atoms with Crippen molar-refractivity contribution in [3.63, 3.8) is 0 Å². The molecular weight excluding hydrogens is 224 g/mol. The van der Waals surface area contributed by atoms with Gasteiger partial charge in [0.25, 0.3) is 0 Å². The van der Waals surface area contributed by atoms with Gasteiger partial charge in [-0.15, -0.1) is 0 Å². The lowest BCUT2D eigenvalue weighted by Crippen LogP contribution is -2.45. The molecular formula is C15H26N2O. The van der Waals surface area contributed by atoms with Crippen molar-refractivity contribution in [3.8, 4) is 0 Å². The van der Waals surface area contributed by atoms with Crippen molar-refractivity contribution in [1.29, 1.82) is 0 Å². The maximum Gasteiger partial charge on any atom is 0.0830 e. The number of hydrogen-bond donors (Lipinski definition) is 2. The minimum Gasteiger partial charge on any atom is -0.376 e. The van der Waals surface area contributed by atoms with Crippen LogP contribution in [0, 0.1) is 12.3 Å². The average molecular weight is 250 g/mol. The first kappa shape index (κ1) is 15.2. The lowest BCUT2D eigenvalue weighted by atomic mass is 9.81. The maximum absolute atomic E-state index is 5.93. The molecule has 1 rings (SSSR count). The first-order valence-corrected chi connectivity index (χ1v) is 6.55. The highest BCUT2D eigenvalue weighted by Crippen LogP contribution is 2.33. The molecule has 0 aliphatic heterocycles. The predicted octanol–water partition coefficient (Wildman–Crippen LogP) is 2.95. The molecule has 0 aliphatic rings. The van der Waals surface area contributed by atoms with Gasteiger partial charge in [-0.3, -0.25) is 11.3 Å². The van der Waals surface area contributed by atoms with Gasteiger partial charge >= 0.3 is 0 Å². The third-order valence-corrected chi connectivity index (χ3v) is 3.21. The van der Waals surface area contributed by atoms with Crippen LogP contribution in [0.1, 0.15) is 44.9 Å². The van der Waals surface area contributed by atoms with Gasteiger partial charge in [0.15, 0.2) is 0 Å².